The maximum atomic E-state index is 12.1. The van der Waals surface area contributed by atoms with Gasteiger partial charge in [0.1, 0.15) is 17.9 Å². The largest absolute Gasteiger partial charge is 0.444 e. The van der Waals surface area contributed by atoms with Crippen molar-refractivity contribution in [3.8, 4) is 0 Å². The van der Waals surface area contributed by atoms with Crippen LogP contribution in [0.3, 0.4) is 0 Å². The summed E-state index contributed by atoms with van der Waals surface area (Å²) in [7, 11) is 5.54. The lowest BCUT2D eigenvalue weighted by molar-refractivity contribution is -0.112. The zero-order chi connectivity index (χ0) is 16.9. The third kappa shape index (κ3) is 5.48. The van der Waals surface area contributed by atoms with Gasteiger partial charge in [0, 0.05) is 13.6 Å². The van der Waals surface area contributed by atoms with Crippen molar-refractivity contribution in [1.29, 1.82) is 0 Å². The first-order valence-electron chi connectivity index (χ1n) is 7.28. The summed E-state index contributed by atoms with van der Waals surface area (Å²) in [6, 6.07) is 7.03. The number of nitrogens with zero attached hydrogens (tertiary/aromatic N) is 2. The van der Waals surface area contributed by atoms with Gasteiger partial charge in [-0.2, -0.15) is 0 Å². The van der Waals surface area contributed by atoms with E-state index in [1.165, 1.54) is 4.90 Å². The molecule has 0 heterocycles. The summed E-state index contributed by atoms with van der Waals surface area (Å²) in [4.78, 5) is 27.0. The Hall–Kier alpha value is -1.88. The molecule has 0 aromatic heterocycles. The lowest BCUT2D eigenvalue weighted by atomic mass is 10.0. The average molecular weight is 306 g/mol. The van der Waals surface area contributed by atoms with E-state index in [4.69, 9.17) is 4.74 Å². The standard InChI is InChI=1S/C17H26N2O3/c1-17(2,3)22-16(21)19(6)15(12-20)14-9-7-8-13(10-14)11-18(4)5/h7-10,12,15H,11H2,1-6H3. The van der Waals surface area contributed by atoms with Gasteiger partial charge in [0.25, 0.3) is 0 Å². The molecule has 122 valence electrons. The van der Waals surface area contributed by atoms with E-state index in [-0.39, 0.29) is 0 Å². The molecule has 0 radical (unpaired) electrons. The van der Waals surface area contributed by atoms with Crippen molar-refractivity contribution >= 4 is 12.4 Å². The van der Waals surface area contributed by atoms with Gasteiger partial charge in [-0.15, -0.1) is 0 Å². The zero-order valence-corrected chi connectivity index (χ0v) is 14.3. The predicted octanol–water partition coefficient (Wildman–Crippen LogP) is 2.86. The highest BCUT2D eigenvalue weighted by atomic mass is 16.6. The molecule has 5 nitrogen and oxygen atoms in total. The van der Waals surface area contributed by atoms with Gasteiger partial charge in [0.15, 0.2) is 0 Å². The van der Waals surface area contributed by atoms with Crippen molar-refractivity contribution in [1.82, 2.24) is 9.80 Å². The molecule has 0 saturated heterocycles. The molecule has 0 saturated carbocycles. The fourth-order valence-corrected chi connectivity index (χ4v) is 2.08. The maximum absolute atomic E-state index is 12.1. The summed E-state index contributed by atoms with van der Waals surface area (Å²) in [5.74, 6) is 0. The van der Waals surface area contributed by atoms with Crippen molar-refractivity contribution in [2.45, 2.75) is 39.0 Å². The summed E-state index contributed by atoms with van der Waals surface area (Å²) in [5.41, 5.74) is 1.28. The second-order valence-corrected chi connectivity index (χ2v) is 6.65. The molecule has 22 heavy (non-hydrogen) atoms. The Balaban J connectivity index is 2.95. The van der Waals surface area contributed by atoms with Gasteiger partial charge < -0.3 is 14.4 Å². The molecule has 1 aromatic rings. The van der Waals surface area contributed by atoms with E-state index < -0.39 is 17.7 Å². The highest BCUT2D eigenvalue weighted by molar-refractivity contribution is 5.74. The first kappa shape index (κ1) is 18.2. The van der Waals surface area contributed by atoms with E-state index in [0.29, 0.717) is 0 Å². The molecule has 0 aliphatic carbocycles. The lowest BCUT2D eigenvalue weighted by Gasteiger charge is -2.28. The van der Waals surface area contributed by atoms with E-state index in [9.17, 15) is 9.59 Å². The first-order chi connectivity index (χ1) is 10.1. The zero-order valence-electron chi connectivity index (χ0n) is 14.3. The van der Waals surface area contributed by atoms with Crippen molar-refractivity contribution < 1.29 is 14.3 Å². The van der Waals surface area contributed by atoms with Crippen LogP contribution in [0.5, 0.6) is 0 Å². The van der Waals surface area contributed by atoms with Crippen molar-refractivity contribution in [2.75, 3.05) is 21.1 Å². The molecule has 1 aromatic carbocycles. The predicted molar refractivity (Wildman–Crippen MR) is 86.6 cm³/mol. The van der Waals surface area contributed by atoms with Crippen molar-refractivity contribution in [3.63, 3.8) is 0 Å². The number of hydrogen-bond donors (Lipinski definition) is 0. The molecular weight excluding hydrogens is 280 g/mol. The van der Waals surface area contributed by atoms with Gasteiger partial charge in [-0.05, 0) is 46.0 Å². The minimum atomic E-state index is -0.656. The van der Waals surface area contributed by atoms with Gasteiger partial charge in [-0.3, -0.25) is 4.90 Å². The smallest absolute Gasteiger partial charge is 0.410 e. The molecule has 1 amide bonds. The Morgan fingerprint density at radius 3 is 2.41 bits per heavy atom. The Bertz CT molecular complexity index is 521. The van der Waals surface area contributed by atoms with Crippen LogP contribution >= 0.6 is 0 Å². The lowest BCUT2D eigenvalue weighted by Crippen LogP contribution is -2.37. The quantitative estimate of drug-likeness (QED) is 0.785. The van der Waals surface area contributed by atoms with Crippen LogP contribution in [0.1, 0.15) is 37.9 Å². The molecule has 0 fully saturated rings. The second kappa shape index (κ2) is 7.40. The number of benzene rings is 1. The van der Waals surface area contributed by atoms with Gasteiger partial charge in [0.05, 0.1) is 0 Å². The number of carbonyl (C=O) groups is 2. The Morgan fingerprint density at radius 1 is 1.27 bits per heavy atom. The molecule has 1 rings (SSSR count). The van der Waals surface area contributed by atoms with Gasteiger partial charge in [-0.1, -0.05) is 24.3 Å². The van der Waals surface area contributed by atoms with Crippen LogP contribution in [0, 0.1) is 0 Å². The van der Waals surface area contributed by atoms with Crippen LogP contribution in [-0.4, -0.2) is 48.9 Å². The topological polar surface area (TPSA) is 49.9 Å². The molecule has 0 aliphatic rings. The van der Waals surface area contributed by atoms with Crippen LogP contribution in [0.25, 0.3) is 0 Å². The molecule has 0 spiro atoms. The number of aldehydes is 1. The Kier molecular flexibility index (Phi) is 6.11. The SMILES string of the molecule is CN(C)Cc1cccc(C(C=O)N(C)C(=O)OC(C)(C)C)c1. The monoisotopic (exact) mass is 306 g/mol. The molecule has 0 bridgehead atoms. The molecule has 0 N–H and O–H groups in total. The summed E-state index contributed by atoms with van der Waals surface area (Å²) in [5, 5.41) is 0. The van der Waals surface area contributed by atoms with Crippen LogP contribution in [0.15, 0.2) is 24.3 Å². The first-order valence-corrected chi connectivity index (χ1v) is 7.28. The fraction of sp³-hybridized carbons (Fsp3) is 0.529. The average Bonchev–Trinajstić information content (AvgIpc) is 2.37. The highest BCUT2D eigenvalue weighted by Gasteiger charge is 2.26. The summed E-state index contributed by atoms with van der Waals surface area (Å²) in [6.45, 7) is 6.17. The van der Waals surface area contributed by atoms with Crippen molar-refractivity contribution in [2.24, 2.45) is 0 Å². The van der Waals surface area contributed by atoms with E-state index >= 15 is 0 Å². The van der Waals surface area contributed by atoms with Crippen LogP contribution in [0.4, 0.5) is 4.79 Å². The number of rotatable bonds is 5. The van der Waals surface area contributed by atoms with E-state index in [1.807, 2.05) is 43.3 Å². The fourth-order valence-electron chi connectivity index (χ4n) is 2.08. The summed E-state index contributed by atoms with van der Waals surface area (Å²) < 4.78 is 5.32. The minimum Gasteiger partial charge on any atom is -0.444 e. The highest BCUT2D eigenvalue weighted by Crippen LogP contribution is 2.21. The normalized spacial score (nSPS) is 12.9. The minimum absolute atomic E-state index is 0.511. The molecule has 1 atom stereocenters. The van der Waals surface area contributed by atoms with Gasteiger partial charge >= 0.3 is 6.09 Å². The Labute approximate surface area is 132 Å². The van der Waals surface area contributed by atoms with Crippen molar-refractivity contribution in [3.05, 3.63) is 35.4 Å². The third-order valence-electron chi connectivity index (χ3n) is 3.02. The van der Waals surface area contributed by atoms with E-state index in [1.54, 1.807) is 27.8 Å². The molecular formula is C17H26N2O3. The Morgan fingerprint density at radius 2 is 1.91 bits per heavy atom. The molecule has 1 unspecified atom stereocenters. The number of ether oxygens (including phenoxy) is 1. The number of carbonyl (C=O) groups excluding carboxylic acids is 2. The van der Waals surface area contributed by atoms with E-state index in [0.717, 1.165) is 24.0 Å². The molecule has 5 heteroatoms. The maximum Gasteiger partial charge on any atom is 0.410 e. The summed E-state index contributed by atoms with van der Waals surface area (Å²) in [6.07, 6.45) is 0.251. The van der Waals surface area contributed by atoms with Gasteiger partial charge in [-0.25, -0.2) is 4.79 Å². The number of hydrogen-bond acceptors (Lipinski definition) is 4. The van der Waals surface area contributed by atoms with Crippen LogP contribution in [-0.2, 0) is 16.1 Å². The molecule has 0 aliphatic heterocycles. The van der Waals surface area contributed by atoms with Crippen LogP contribution in [0.2, 0.25) is 0 Å². The second-order valence-electron chi connectivity index (χ2n) is 6.65. The summed E-state index contributed by atoms with van der Waals surface area (Å²) >= 11 is 0. The van der Waals surface area contributed by atoms with E-state index in [2.05, 4.69) is 0 Å². The number of likely N-dealkylation sites (N-methyl/N-ethyl adjacent to an activating group) is 1. The van der Waals surface area contributed by atoms with Crippen LogP contribution < -0.4 is 0 Å². The number of amides is 1. The third-order valence-corrected chi connectivity index (χ3v) is 3.02. The van der Waals surface area contributed by atoms with Gasteiger partial charge in [0.2, 0.25) is 0 Å².